The molecule has 2 heterocycles. The molecule has 0 radical (unpaired) electrons. The van der Waals surface area contributed by atoms with Crippen molar-refractivity contribution in [2.75, 3.05) is 13.6 Å². The van der Waals surface area contributed by atoms with E-state index < -0.39 is 5.60 Å². The highest BCUT2D eigenvalue weighted by molar-refractivity contribution is 5.95. The SMILES string of the molecule is Cc1cc(-n2c(C)cc(C(=O)N(C)CC(C)(C)O)c2C)no1. The maximum atomic E-state index is 12.6. The van der Waals surface area contributed by atoms with Crippen LogP contribution in [0.1, 0.15) is 41.4 Å². The Hall–Kier alpha value is -2.08. The lowest BCUT2D eigenvalue weighted by Crippen LogP contribution is -2.39. The molecule has 6 heteroatoms. The van der Waals surface area contributed by atoms with Crippen LogP contribution in [-0.4, -0.2) is 44.8 Å². The van der Waals surface area contributed by atoms with Gasteiger partial charge in [-0.3, -0.25) is 9.36 Å². The van der Waals surface area contributed by atoms with Gasteiger partial charge < -0.3 is 14.5 Å². The van der Waals surface area contributed by atoms with E-state index in [0.29, 0.717) is 11.4 Å². The summed E-state index contributed by atoms with van der Waals surface area (Å²) in [5, 5.41) is 13.9. The van der Waals surface area contributed by atoms with Gasteiger partial charge in [-0.25, -0.2) is 0 Å². The maximum Gasteiger partial charge on any atom is 0.255 e. The first-order chi connectivity index (χ1) is 10.1. The monoisotopic (exact) mass is 305 g/mol. The molecule has 0 saturated heterocycles. The van der Waals surface area contributed by atoms with Gasteiger partial charge in [0, 0.05) is 31.0 Å². The van der Waals surface area contributed by atoms with Gasteiger partial charge in [-0.15, -0.1) is 0 Å². The Labute approximate surface area is 130 Å². The summed E-state index contributed by atoms with van der Waals surface area (Å²) in [7, 11) is 1.69. The van der Waals surface area contributed by atoms with Gasteiger partial charge in [0.15, 0.2) is 5.82 Å². The number of aliphatic hydroxyl groups is 1. The summed E-state index contributed by atoms with van der Waals surface area (Å²) in [5.41, 5.74) is 1.38. The summed E-state index contributed by atoms with van der Waals surface area (Å²) in [6, 6.07) is 3.66. The fourth-order valence-corrected chi connectivity index (χ4v) is 2.65. The van der Waals surface area contributed by atoms with Crippen LogP contribution in [0.4, 0.5) is 0 Å². The number of aryl methyl sites for hydroxylation is 2. The topological polar surface area (TPSA) is 71.5 Å². The van der Waals surface area contributed by atoms with Crippen molar-refractivity contribution in [2.24, 2.45) is 0 Å². The lowest BCUT2D eigenvalue weighted by molar-refractivity contribution is 0.0367. The largest absolute Gasteiger partial charge is 0.389 e. The Bertz CT molecular complexity index is 692. The molecule has 22 heavy (non-hydrogen) atoms. The highest BCUT2D eigenvalue weighted by Crippen LogP contribution is 2.22. The molecular weight excluding hydrogens is 282 g/mol. The van der Waals surface area contributed by atoms with E-state index in [1.807, 2.05) is 37.5 Å². The fraction of sp³-hybridized carbons (Fsp3) is 0.500. The number of hydrogen-bond acceptors (Lipinski definition) is 4. The molecule has 2 aromatic rings. The van der Waals surface area contributed by atoms with E-state index in [1.165, 1.54) is 4.90 Å². The van der Waals surface area contributed by atoms with Gasteiger partial charge in [-0.1, -0.05) is 5.16 Å². The lowest BCUT2D eigenvalue weighted by atomic mass is 10.1. The molecule has 0 aromatic carbocycles. The molecule has 1 amide bonds. The third-order valence-electron chi connectivity index (χ3n) is 3.48. The van der Waals surface area contributed by atoms with Crippen LogP contribution in [0, 0.1) is 20.8 Å². The number of likely N-dealkylation sites (N-methyl/N-ethyl adjacent to an activating group) is 1. The van der Waals surface area contributed by atoms with Crippen LogP contribution in [0.25, 0.3) is 5.82 Å². The van der Waals surface area contributed by atoms with Gasteiger partial charge in [0.2, 0.25) is 0 Å². The van der Waals surface area contributed by atoms with E-state index in [9.17, 15) is 9.90 Å². The molecule has 2 aromatic heterocycles. The van der Waals surface area contributed by atoms with Crippen LogP contribution in [0.2, 0.25) is 0 Å². The first-order valence-electron chi connectivity index (χ1n) is 7.20. The molecule has 0 fully saturated rings. The van der Waals surface area contributed by atoms with Gasteiger partial charge in [0.05, 0.1) is 11.2 Å². The van der Waals surface area contributed by atoms with E-state index in [0.717, 1.165) is 17.1 Å². The Morgan fingerprint density at radius 3 is 2.50 bits per heavy atom. The van der Waals surface area contributed by atoms with E-state index in [2.05, 4.69) is 5.16 Å². The molecule has 0 aliphatic carbocycles. The molecule has 0 aliphatic rings. The minimum atomic E-state index is -0.931. The van der Waals surface area contributed by atoms with E-state index in [4.69, 9.17) is 4.52 Å². The Kier molecular flexibility index (Phi) is 4.15. The molecule has 2 rings (SSSR count). The molecule has 0 atom stereocenters. The van der Waals surface area contributed by atoms with Crippen LogP contribution < -0.4 is 0 Å². The second-order valence-electron chi connectivity index (χ2n) is 6.39. The molecule has 0 bridgehead atoms. The molecule has 6 nitrogen and oxygen atoms in total. The van der Waals surface area contributed by atoms with Crippen molar-refractivity contribution in [3.63, 3.8) is 0 Å². The van der Waals surface area contributed by atoms with Crippen molar-refractivity contribution >= 4 is 5.91 Å². The average molecular weight is 305 g/mol. The number of carbonyl (C=O) groups is 1. The summed E-state index contributed by atoms with van der Waals surface area (Å²) in [6.45, 7) is 9.24. The number of hydrogen-bond donors (Lipinski definition) is 1. The van der Waals surface area contributed by atoms with Gasteiger partial charge >= 0.3 is 0 Å². The van der Waals surface area contributed by atoms with Gasteiger partial charge in [0.1, 0.15) is 5.76 Å². The minimum absolute atomic E-state index is 0.123. The molecule has 120 valence electrons. The maximum absolute atomic E-state index is 12.6. The number of aromatic nitrogens is 2. The van der Waals surface area contributed by atoms with Gasteiger partial charge in [-0.05, 0) is 40.7 Å². The zero-order valence-electron chi connectivity index (χ0n) is 14.0. The molecule has 0 aliphatic heterocycles. The normalized spacial score (nSPS) is 11.8. The average Bonchev–Trinajstić information content (AvgIpc) is 2.90. The highest BCUT2D eigenvalue weighted by atomic mass is 16.5. The summed E-state index contributed by atoms with van der Waals surface area (Å²) in [6.07, 6.45) is 0. The van der Waals surface area contributed by atoms with Crippen molar-refractivity contribution in [3.05, 3.63) is 34.8 Å². The van der Waals surface area contributed by atoms with Crippen molar-refractivity contribution in [3.8, 4) is 5.82 Å². The van der Waals surface area contributed by atoms with Crippen LogP contribution in [0.3, 0.4) is 0 Å². The minimum Gasteiger partial charge on any atom is -0.389 e. The number of rotatable bonds is 4. The second kappa shape index (κ2) is 5.61. The fourth-order valence-electron chi connectivity index (χ4n) is 2.65. The van der Waals surface area contributed by atoms with Crippen LogP contribution >= 0.6 is 0 Å². The smallest absolute Gasteiger partial charge is 0.255 e. The predicted octanol–water partition coefficient (Wildman–Crippen LogP) is 2.23. The first kappa shape index (κ1) is 16.3. The second-order valence-corrected chi connectivity index (χ2v) is 6.39. The highest BCUT2D eigenvalue weighted by Gasteiger charge is 2.24. The molecular formula is C16H23N3O3. The molecule has 0 spiro atoms. The Morgan fingerprint density at radius 1 is 1.36 bits per heavy atom. The van der Waals surface area contributed by atoms with Crippen molar-refractivity contribution < 1.29 is 14.4 Å². The third kappa shape index (κ3) is 3.22. The predicted molar refractivity (Wildman–Crippen MR) is 83.3 cm³/mol. The summed E-state index contributed by atoms with van der Waals surface area (Å²) in [4.78, 5) is 14.1. The van der Waals surface area contributed by atoms with E-state index in [-0.39, 0.29) is 12.5 Å². The molecule has 1 N–H and O–H groups in total. The number of carbonyl (C=O) groups excluding carboxylic acids is 1. The third-order valence-corrected chi connectivity index (χ3v) is 3.48. The van der Waals surface area contributed by atoms with Crippen LogP contribution in [0.15, 0.2) is 16.7 Å². The number of nitrogens with zero attached hydrogens (tertiary/aromatic N) is 3. The van der Waals surface area contributed by atoms with E-state index >= 15 is 0 Å². The number of amides is 1. The lowest BCUT2D eigenvalue weighted by Gasteiger charge is -2.25. The zero-order valence-corrected chi connectivity index (χ0v) is 14.0. The van der Waals surface area contributed by atoms with E-state index in [1.54, 1.807) is 20.9 Å². The quantitative estimate of drug-likeness (QED) is 0.940. The summed E-state index contributed by atoms with van der Waals surface area (Å²) in [5.74, 6) is 1.26. The Morgan fingerprint density at radius 2 is 2.00 bits per heavy atom. The van der Waals surface area contributed by atoms with Crippen molar-refractivity contribution in [2.45, 2.75) is 40.2 Å². The van der Waals surface area contributed by atoms with Crippen LogP contribution in [-0.2, 0) is 0 Å². The zero-order chi connectivity index (χ0) is 16.7. The van der Waals surface area contributed by atoms with Crippen LogP contribution in [0.5, 0.6) is 0 Å². The van der Waals surface area contributed by atoms with Crippen molar-refractivity contribution in [1.82, 2.24) is 14.6 Å². The summed E-state index contributed by atoms with van der Waals surface area (Å²) >= 11 is 0. The summed E-state index contributed by atoms with van der Waals surface area (Å²) < 4.78 is 7.00. The van der Waals surface area contributed by atoms with Crippen molar-refractivity contribution in [1.29, 1.82) is 0 Å². The molecule has 0 unspecified atom stereocenters. The first-order valence-corrected chi connectivity index (χ1v) is 7.20. The molecule has 0 saturated carbocycles. The standard InChI is InChI=1S/C16H23N3O3/c1-10-7-13(15(20)18(6)9-16(4,5)21)12(3)19(10)14-8-11(2)22-17-14/h7-8,21H,9H2,1-6H3. The Balaban J connectivity index is 2.36. The van der Waals surface area contributed by atoms with Gasteiger partial charge in [-0.2, -0.15) is 0 Å². The van der Waals surface area contributed by atoms with Gasteiger partial charge in [0.25, 0.3) is 5.91 Å².